The van der Waals surface area contributed by atoms with E-state index in [1.807, 2.05) is 6.08 Å². The summed E-state index contributed by atoms with van der Waals surface area (Å²) in [6.07, 6.45) is 8.09. The van der Waals surface area contributed by atoms with E-state index in [1.165, 1.54) is 6.42 Å². The molecule has 0 saturated heterocycles. The van der Waals surface area contributed by atoms with Crippen molar-refractivity contribution in [3.63, 3.8) is 0 Å². The monoisotopic (exact) mass is 184 g/mol. The lowest BCUT2D eigenvalue weighted by Gasteiger charge is -2.23. The lowest BCUT2D eigenvalue weighted by molar-refractivity contribution is 0.596. The molecular weight excluding hydrogens is 172 g/mol. The molecule has 0 saturated carbocycles. The first-order valence-corrected chi connectivity index (χ1v) is 5.97. The number of rotatable bonds is 0. The van der Waals surface area contributed by atoms with Crippen molar-refractivity contribution in [2.75, 3.05) is 5.75 Å². The molecule has 1 aliphatic heterocycles. The Bertz CT molecular complexity index is 347. The van der Waals surface area contributed by atoms with Crippen LogP contribution in [0, 0.1) is 0 Å². The Morgan fingerprint density at radius 1 is 1.25 bits per heavy atom. The Kier molecular flexibility index (Phi) is 1.83. The molecule has 0 aromatic carbocycles. The summed E-state index contributed by atoms with van der Waals surface area (Å²) >= 11 is 0. The summed E-state index contributed by atoms with van der Waals surface area (Å²) in [5.41, 5.74) is 1.14. The number of hydrogen-bond acceptors (Lipinski definition) is 2. The van der Waals surface area contributed by atoms with Crippen molar-refractivity contribution >= 4 is 9.84 Å². The fraction of sp³-hybridized carbons (Fsp3) is 0.556. The lowest BCUT2D eigenvalue weighted by atomic mass is 10.0. The summed E-state index contributed by atoms with van der Waals surface area (Å²) in [6.45, 7) is 0. The second-order valence-corrected chi connectivity index (χ2v) is 5.33. The van der Waals surface area contributed by atoms with Gasteiger partial charge in [0.1, 0.15) is 0 Å². The van der Waals surface area contributed by atoms with E-state index in [0.29, 0.717) is 10.7 Å². The smallest absolute Gasteiger partial charge is 0.182 e. The average molecular weight is 184 g/mol. The lowest BCUT2D eigenvalue weighted by Crippen LogP contribution is -2.23. The zero-order valence-corrected chi connectivity index (χ0v) is 7.73. The number of sulfone groups is 1. The first-order chi connectivity index (χ1) is 5.70. The van der Waals surface area contributed by atoms with Crippen LogP contribution in [0.1, 0.15) is 25.7 Å². The molecule has 0 N–H and O–H groups in total. The van der Waals surface area contributed by atoms with E-state index in [9.17, 15) is 8.42 Å². The van der Waals surface area contributed by atoms with E-state index in [0.717, 1.165) is 24.8 Å². The predicted molar refractivity (Wildman–Crippen MR) is 48.4 cm³/mol. The van der Waals surface area contributed by atoms with Crippen molar-refractivity contribution in [1.29, 1.82) is 0 Å². The minimum Gasteiger partial charge on any atom is -0.223 e. The highest BCUT2D eigenvalue weighted by atomic mass is 32.2. The summed E-state index contributed by atoms with van der Waals surface area (Å²) in [4.78, 5) is 0.613. The molecule has 2 nitrogen and oxygen atoms in total. The third kappa shape index (κ3) is 1.22. The predicted octanol–water partition coefficient (Wildman–Crippen LogP) is 1.80. The zero-order valence-electron chi connectivity index (χ0n) is 6.91. The Balaban J connectivity index is 2.35. The van der Waals surface area contributed by atoms with Gasteiger partial charge in [-0.1, -0.05) is 6.08 Å². The molecule has 2 aliphatic rings. The minimum atomic E-state index is -2.83. The summed E-state index contributed by atoms with van der Waals surface area (Å²) in [5.74, 6) is 0.312. The van der Waals surface area contributed by atoms with Gasteiger partial charge >= 0.3 is 0 Å². The second-order valence-electron chi connectivity index (χ2n) is 3.38. The highest BCUT2D eigenvalue weighted by Crippen LogP contribution is 2.33. The molecule has 0 atom stereocenters. The molecule has 1 aliphatic carbocycles. The molecular formula is C9H12O2S. The van der Waals surface area contributed by atoms with Crippen molar-refractivity contribution in [3.05, 3.63) is 22.6 Å². The Morgan fingerprint density at radius 3 is 2.83 bits per heavy atom. The minimum absolute atomic E-state index is 0.312. The fourth-order valence-corrected chi connectivity index (χ4v) is 3.31. The van der Waals surface area contributed by atoms with Crippen molar-refractivity contribution in [1.82, 2.24) is 0 Å². The fourth-order valence-electron chi connectivity index (χ4n) is 1.73. The largest absolute Gasteiger partial charge is 0.223 e. The normalized spacial score (nSPS) is 29.7. The van der Waals surface area contributed by atoms with E-state index >= 15 is 0 Å². The average Bonchev–Trinajstić information content (AvgIpc) is 1.95. The van der Waals surface area contributed by atoms with Crippen LogP contribution in [0.25, 0.3) is 0 Å². The molecule has 0 amide bonds. The molecule has 0 bridgehead atoms. The molecule has 0 radical (unpaired) electrons. The van der Waals surface area contributed by atoms with Gasteiger partial charge in [0.2, 0.25) is 0 Å². The third-order valence-electron chi connectivity index (χ3n) is 2.42. The topological polar surface area (TPSA) is 34.1 Å². The molecule has 0 unspecified atom stereocenters. The van der Waals surface area contributed by atoms with Crippen LogP contribution in [0.3, 0.4) is 0 Å². The van der Waals surface area contributed by atoms with Crippen molar-refractivity contribution in [2.24, 2.45) is 0 Å². The first kappa shape index (κ1) is 8.05. The van der Waals surface area contributed by atoms with E-state index in [2.05, 4.69) is 0 Å². The first-order valence-electron chi connectivity index (χ1n) is 4.31. The molecule has 0 spiro atoms. The maximum Gasteiger partial charge on any atom is 0.182 e. The molecule has 0 aromatic rings. The van der Waals surface area contributed by atoms with Crippen LogP contribution < -0.4 is 0 Å². The van der Waals surface area contributed by atoms with Gasteiger partial charge < -0.3 is 0 Å². The summed E-state index contributed by atoms with van der Waals surface area (Å²) in [5, 5.41) is 0. The van der Waals surface area contributed by atoms with E-state index in [1.54, 1.807) is 6.08 Å². The summed E-state index contributed by atoms with van der Waals surface area (Å²) < 4.78 is 22.4. The van der Waals surface area contributed by atoms with Crippen LogP contribution in [0.2, 0.25) is 0 Å². The molecule has 12 heavy (non-hydrogen) atoms. The van der Waals surface area contributed by atoms with Gasteiger partial charge in [0, 0.05) is 0 Å². The molecule has 0 fully saturated rings. The molecule has 66 valence electrons. The van der Waals surface area contributed by atoms with Crippen LogP contribution in [0.15, 0.2) is 22.6 Å². The van der Waals surface area contributed by atoms with Crippen LogP contribution in [-0.2, 0) is 9.84 Å². The maximum absolute atomic E-state index is 11.2. The Hall–Kier alpha value is -0.570. The summed E-state index contributed by atoms with van der Waals surface area (Å²) in [7, 11) is -2.83. The summed E-state index contributed by atoms with van der Waals surface area (Å²) in [6, 6.07) is 0. The molecule has 3 heteroatoms. The van der Waals surface area contributed by atoms with Gasteiger partial charge in [0.15, 0.2) is 9.84 Å². The van der Waals surface area contributed by atoms with Crippen LogP contribution in [0.5, 0.6) is 0 Å². The van der Waals surface area contributed by atoms with Crippen LogP contribution in [0.4, 0.5) is 0 Å². The van der Waals surface area contributed by atoms with Gasteiger partial charge in [-0.3, -0.25) is 0 Å². The van der Waals surface area contributed by atoms with Gasteiger partial charge in [-0.25, -0.2) is 8.42 Å². The van der Waals surface area contributed by atoms with Gasteiger partial charge in [-0.15, -0.1) is 0 Å². The van der Waals surface area contributed by atoms with Gasteiger partial charge in [0.25, 0.3) is 0 Å². The number of allylic oxidation sites excluding steroid dienone is 2. The van der Waals surface area contributed by atoms with Crippen molar-refractivity contribution < 1.29 is 8.42 Å². The van der Waals surface area contributed by atoms with Gasteiger partial charge in [-0.05, 0) is 37.3 Å². The van der Waals surface area contributed by atoms with Crippen molar-refractivity contribution in [3.8, 4) is 0 Å². The molecule has 2 rings (SSSR count). The highest BCUT2D eigenvalue weighted by molar-refractivity contribution is 7.97. The van der Waals surface area contributed by atoms with E-state index < -0.39 is 9.84 Å². The Labute approximate surface area is 72.9 Å². The maximum atomic E-state index is 11.2. The quantitative estimate of drug-likeness (QED) is 0.575. The SMILES string of the molecule is O=S1(=O)CC2=C1/C=C\CCCC2. The standard InChI is InChI=1S/C9H12O2S/c10-12(11)7-8-5-3-1-2-4-6-9(8)12/h4,6H,1-3,5,7H2/b6-4-. The second kappa shape index (κ2) is 2.73. The molecule has 1 heterocycles. The van der Waals surface area contributed by atoms with Crippen molar-refractivity contribution in [2.45, 2.75) is 25.7 Å². The van der Waals surface area contributed by atoms with E-state index in [-0.39, 0.29) is 0 Å². The van der Waals surface area contributed by atoms with E-state index in [4.69, 9.17) is 0 Å². The van der Waals surface area contributed by atoms with Crippen LogP contribution in [-0.4, -0.2) is 14.2 Å². The van der Waals surface area contributed by atoms with Gasteiger partial charge in [0.05, 0.1) is 10.7 Å². The molecule has 0 aromatic heterocycles. The third-order valence-corrected chi connectivity index (χ3v) is 4.24. The van der Waals surface area contributed by atoms with Crippen LogP contribution >= 0.6 is 0 Å². The Morgan fingerprint density at radius 2 is 2.08 bits per heavy atom. The van der Waals surface area contributed by atoms with Gasteiger partial charge in [-0.2, -0.15) is 0 Å². The zero-order chi connectivity index (χ0) is 8.60. The highest BCUT2D eigenvalue weighted by Gasteiger charge is 2.31. The number of hydrogen-bond donors (Lipinski definition) is 0.